The Labute approximate surface area is 223 Å². The molecular weight excluding hydrogens is 545 g/mol. The minimum absolute atomic E-state index is 0.143. The lowest BCUT2D eigenvalue weighted by Crippen LogP contribution is -2.49. The fourth-order valence-corrected chi connectivity index (χ4v) is 4.75. The molecule has 2 aromatic carbocycles. The fraction of sp³-hybridized carbons (Fsp3) is 0.292. The van der Waals surface area contributed by atoms with Crippen LogP contribution in [0.1, 0.15) is 27.9 Å². The van der Waals surface area contributed by atoms with Crippen molar-refractivity contribution in [2.24, 2.45) is 0 Å². The average Bonchev–Trinajstić information content (AvgIpc) is 3.31. The minimum Gasteiger partial charge on any atom is -0.453 e. The van der Waals surface area contributed by atoms with Crippen molar-refractivity contribution >= 4 is 40.3 Å². The normalized spacial score (nSPS) is 13.7. The summed E-state index contributed by atoms with van der Waals surface area (Å²) in [6.07, 6.45) is -6.16. The number of alkyl halides is 3. The van der Waals surface area contributed by atoms with Gasteiger partial charge >= 0.3 is 12.3 Å². The van der Waals surface area contributed by atoms with Crippen molar-refractivity contribution in [2.45, 2.75) is 37.5 Å². The van der Waals surface area contributed by atoms with Crippen molar-refractivity contribution in [1.29, 1.82) is 0 Å². The fourth-order valence-electron chi connectivity index (χ4n) is 3.55. The summed E-state index contributed by atoms with van der Waals surface area (Å²) in [4.78, 5) is 29.4. The molecule has 1 aromatic heterocycles. The Morgan fingerprint density at radius 1 is 1.05 bits per heavy atom. The largest absolute Gasteiger partial charge is 0.453 e. The number of hydrogen-bond acceptors (Lipinski definition) is 6. The van der Waals surface area contributed by atoms with Crippen LogP contribution in [0.2, 0.25) is 0 Å². The van der Waals surface area contributed by atoms with Gasteiger partial charge in [0.05, 0.1) is 25.3 Å². The Kier molecular flexibility index (Phi) is 10.2. The van der Waals surface area contributed by atoms with E-state index >= 15 is 0 Å². The van der Waals surface area contributed by atoms with Crippen LogP contribution in [-0.2, 0) is 40.1 Å². The van der Waals surface area contributed by atoms with Crippen LogP contribution in [0.4, 0.5) is 23.7 Å². The van der Waals surface area contributed by atoms with Gasteiger partial charge in [-0.05, 0) is 29.7 Å². The van der Waals surface area contributed by atoms with Crippen LogP contribution in [0.3, 0.4) is 0 Å². The summed E-state index contributed by atoms with van der Waals surface area (Å²) < 4.78 is 65.6. The van der Waals surface area contributed by atoms with Crippen LogP contribution in [-0.4, -0.2) is 45.1 Å². The number of nitrogens with one attached hydrogen (secondary N) is 3. The lowest BCUT2D eigenvalue weighted by atomic mass is 10.0. The van der Waals surface area contributed by atoms with Crippen LogP contribution in [0.25, 0.3) is 0 Å². The number of aromatic nitrogens is 1. The summed E-state index contributed by atoms with van der Waals surface area (Å²) in [5.41, 5.74) is 1.65. The van der Waals surface area contributed by atoms with E-state index in [9.17, 15) is 27.0 Å². The van der Waals surface area contributed by atoms with Crippen molar-refractivity contribution in [2.75, 3.05) is 11.8 Å². The highest BCUT2D eigenvalue weighted by Gasteiger charge is 2.31. The first-order valence-corrected chi connectivity index (χ1v) is 13.2. The third kappa shape index (κ3) is 9.43. The number of hydrogen-bond donors (Lipinski definition) is 4. The number of carbonyl (C=O) groups excluding carboxylic acids is 2. The standard InChI is InChI=1S/C24H25F3N4O5S2/c1-36-23(33)30-19(11-15-5-3-2-4-6-15)21(32)29-20(22-28-18(14-37-22)13-24(25,26)27)12-16-7-9-17(10-8-16)31-38(34)35/h2-10,14,19-20,31H,11-13H2,1H3,(H,29,32)(H,30,33)(H,34,35)/t19-,20-/m0/s1. The molecule has 0 radical (unpaired) electrons. The van der Waals surface area contributed by atoms with Gasteiger partial charge in [0, 0.05) is 17.5 Å². The molecule has 1 unspecified atom stereocenters. The van der Waals surface area contributed by atoms with Gasteiger partial charge in [-0.1, -0.05) is 42.5 Å². The van der Waals surface area contributed by atoms with Gasteiger partial charge in [0.25, 0.3) is 11.3 Å². The van der Waals surface area contributed by atoms with Gasteiger partial charge in [-0.3, -0.25) is 14.1 Å². The minimum atomic E-state index is -4.44. The molecule has 0 saturated heterocycles. The predicted octanol–water partition coefficient (Wildman–Crippen LogP) is 4.16. The molecule has 4 N–H and O–H groups in total. The van der Waals surface area contributed by atoms with Crippen LogP contribution >= 0.6 is 11.3 Å². The summed E-state index contributed by atoms with van der Waals surface area (Å²) in [6, 6.07) is 13.5. The van der Waals surface area contributed by atoms with E-state index in [2.05, 4.69) is 25.1 Å². The molecule has 9 nitrogen and oxygen atoms in total. The first-order valence-electron chi connectivity index (χ1n) is 11.2. The second-order valence-electron chi connectivity index (χ2n) is 8.16. The number of methoxy groups -OCH3 is 1. The van der Waals surface area contributed by atoms with E-state index in [1.165, 1.54) is 5.38 Å². The average molecular weight is 571 g/mol. The van der Waals surface area contributed by atoms with Crippen molar-refractivity contribution in [1.82, 2.24) is 15.6 Å². The quantitative estimate of drug-likeness (QED) is 0.256. The van der Waals surface area contributed by atoms with Gasteiger partial charge < -0.3 is 15.4 Å². The molecule has 0 fully saturated rings. The molecule has 0 spiro atoms. The number of carbonyl (C=O) groups is 2. The van der Waals surface area contributed by atoms with Gasteiger partial charge in [0.15, 0.2) is 0 Å². The van der Waals surface area contributed by atoms with Gasteiger partial charge in [-0.25, -0.2) is 14.0 Å². The zero-order chi connectivity index (χ0) is 27.7. The lowest BCUT2D eigenvalue weighted by molar-refractivity contribution is -0.128. The summed E-state index contributed by atoms with van der Waals surface area (Å²) >= 11 is -1.28. The molecule has 38 heavy (non-hydrogen) atoms. The Morgan fingerprint density at radius 2 is 1.71 bits per heavy atom. The maximum absolute atomic E-state index is 13.3. The van der Waals surface area contributed by atoms with E-state index in [1.54, 1.807) is 48.5 Å². The molecule has 204 valence electrons. The number of ether oxygens (including phenoxy) is 1. The van der Waals surface area contributed by atoms with Crippen LogP contribution in [0.5, 0.6) is 0 Å². The SMILES string of the molecule is COC(=O)N[C@@H](Cc1ccccc1)C(=O)N[C@@H](Cc1ccc(NS(=O)O)cc1)c1nc(CC(F)(F)F)cs1. The number of rotatable bonds is 11. The monoisotopic (exact) mass is 570 g/mol. The molecule has 14 heteroatoms. The van der Waals surface area contributed by atoms with Crippen LogP contribution in [0.15, 0.2) is 60.0 Å². The molecule has 1 heterocycles. The molecule has 2 amide bonds. The predicted molar refractivity (Wildman–Crippen MR) is 137 cm³/mol. The molecule has 0 aliphatic heterocycles. The zero-order valence-electron chi connectivity index (χ0n) is 20.0. The maximum Gasteiger partial charge on any atom is 0.407 e. The highest BCUT2D eigenvalue weighted by atomic mass is 32.2. The Bertz CT molecular complexity index is 1240. The van der Waals surface area contributed by atoms with E-state index < -0.39 is 47.9 Å². The van der Waals surface area contributed by atoms with E-state index in [0.29, 0.717) is 11.3 Å². The molecule has 0 bridgehead atoms. The summed E-state index contributed by atoms with van der Waals surface area (Å²) in [5, 5.41) is 6.85. The van der Waals surface area contributed by atoms with Crippen LogP contribution in [0, 0.1) is 0 Å². The number of halogens is 3. The smallest absolute Gasteiger partial charge is 0.407 e. The molecule has 3 aromatic rings. The second-order valence-corrected chi connectivity index (χ2v) is 9.75. The number of anilines is 1. The number of nitrogens with zero attached hydrogens (tertiary/aromatic N) is 1. The van der Waals surface area contributed by atoms with Gasteiger partial charge in [0.1, 0.15) is 11.0 Å². The van der Waals surface area contributed by atoms with Crippen molar-refractivity contribution in [3.8, 4) is 0 Å². The summed E-state index contributed by atoms with van der Waals surface area (Å²) in [7, 11) is 1.16. The topological polar surface area (TPSA) is 130 Å². The summed E-state index contributed by atoms with van der Waals surface area (Å²) in [6.45, 7) is 0. The third-order valence-electron chi connectivity index (χ3n) is 5.24. The first-order chi connectivity index (χ1) is 18.0. The molecule has 0 aliphatic carbocycles. The highest BCUT2D eigenvalue weighted by molar-refractivity contribution is 7.80. The number of alkyl carbamates (subject to hydrolysis) is 1. The van der Waals surface area contributed by atoms with Crippen molar-refractivity contribution in [3.63, 3.8) is 0 Å². The number of amides is 2. The Morgan fingerprint density at radius 3 is 2.32 bits per heavy atom. The molecule has 0 saturated carbocycles. The van der Waals surface area contributed by atoms with Gasteiger partial charge in [-0.2, -0.15) is 13.2 Å². The molecule has 3 atom stereocenters. The molecular formula is C24H25F3N4O5S2. The van der Waals surface area contributed by atoms with Crippen LogP contribution < -0.4 is 15.4 Å². The van der Waals surface area contributed by atoms with Gasteiger partial charge in [-0.15, -0.1) is 11.3 Å². The van der Waals surface area contributed by atoms with Crippen molar-refractivity contribution < 1.29 is 36.3 Å². The number of thiazole rings is 1. The van der Waals surface area contributed by atoms with E-state index in [-0.39, 0.29) is 23.5 Å². The summed E-state index contributed by atoms with van der Waals surface area (Å²) in [5.74, 6) is -0.578. The van der Waals surface area contributed by atoms with Crippen molar-refractivity contribution in [3.05, 3.63) is 81.8 Å². The second kappa shape index (κ2) is 13.3. The van der Waals surface area contributed by atoms with E-state index in [1.807, 2.05) is 6.07 Å². The first kappa shape index (κ1) is 29.1. The lowest BCUT2D eigenvalue weighted by Gasteiger charge is -2.22. The van der Waals surface area contributed by atoms with Gasteiger partial charge in [0.2, 0.25) is 5.91 Å². The third-order valence-corrected chi connectivity index (χ3v) is 6.66. The molecule has 0 aliphatic rings. The van der Waals surface area contributed by atoms with E-state index in [4.69, 9.17) is 4.55 Å². The van der Waals surface area contributed by atoms with E-state index in [0.717, 1.165) is 24.0 Å². The number of benzene rings is 2. The Balaban J connectivity index is 1.85. The Hall–Kier alpha value is -3.49. The highest BCUT2D eigenvalue weighted by Crippen LogP contribution is 2.27. The maximum atomic E-state index is 13.3. The molecule has 3 rings (SSSR count). The zero-order valence-corrected chi connectivity index (χ0v) is 21.7.